The largest absolute Gasteiger partial charge is 0.410 e. The molecule has 7 unspecified atom stereocenters. The lowest BCUT2D eigenvalue weighted by molar-refractivity contribution is -0.424. The van der Waals surface area contributed by atoms with Crippen molar-refractivity contribution >= 4 is 12.4 Å². The molecule has 4 fully saturated rings. The molecule has 1 amide bonds. The second-order valence-electron chi connectivity index (χ2n) is 13.9. The number of aliphatic hydroxyl groups is 12. The molecule has 21 atom stereocenters. The topological polar surface area (TPSA) is 363 Å². The zero-order chi connectivity index (χ0) is 40.2. The molecule has 4 heterocycles. The standard InChI is InChI=1S/C31H53NO22/c1-10-13(38)4-31(48-9-36,54-26(10)19(40)14(39)5-33)47-8-17-21(42)23(44)25(46)30(51-17)53-28-16(7-35)50-29(18(22(28)43)32-12(3)37)52-27-11(2)49-15(6-34)20(41)24(27)45/h9-11,13-30,33-35,38-46H,4-8H2,1-3H3,(H,32,37)/t10-,11-,13-,14-,15?,16+,17?,18?,19-,20-,21+,22?,23+,24+,25?,26?,27?,28-,29+,30+,31+/m1/s1. The Labute approximate surface area is 308 Å². The van der Waals surface area contributed by atoms with Crippen LogP contribution in [0.4, 0.5) is 0 Å². The molecular formula is C31H53NO22. The third-order valence-electron chi connectivity index (χ3n) is 10.1. The molecule has 0 aromatic rings. The van der Waals surface area contributed by atoms with Gasteiger partial charge in [-0.2, -0.15) is 0 Å². The van der Waals surface area contributed by atoms with Gasteiger partial charge in [-0.05, 0) is 6.92 Å². The van der Waals surface area contributed by atoms with Crippen molar-refractivity contribution in [3.8, 4) is 0 Å². The summed E-state index contributed by atoms with van der Waals surface area (Å²) in [7, 11) is 0. The Morgan fingerprint density at radius 2 is 1.43 bits per heavy atom. The minimum absolute atomic E-state index is 0.101. The summed E-state index contributed by atoms with van der Waals surface area (Å²) in [5.41, 5.74) is 0. The number of hydrogen-bond acceptors (Lipinski definition) is 22. The average molecular weight is 792 g/mol. The maximum atomic E-state index is 12.2. The number of ether oxygens (including phenoxy) is 8. The van der Waals surface area contributed by atoms with Crippen molar-refractivity contribution in [2.75, 3.05) is 26.4 Å². The van der Waals surface area contributed by atoms with Crippen LogP contribution in [0.5, 0.6) is 0 Å². The van der Waals surface area contributed by atoms with E-state index in [0.29, 0.717) is 0 Å². The molecule has 0 saturated carbocycles. The highest BCUT2D eigenvalue weighted by Crippen LogP contribution is 2.38. The van der Waals surface area contributed by atoms with Gasteiger partial charge in [-0.1, -0.05) is 6.92 Å². The van der Waals surface area contributed by atoms with Crippen LogP contribution in [-0.2, 0) is 47.5 Å². The minimum atomic E-state index is -2.46. The molecule has 0 aromatic heterocycles. The van der Waals surface area contributed by atoms with Crippen LogP contribution in [0.2, 0.25) is 0 Å². The molecule has 4 saturated heterocycles. The maximum absolute atomic E-state index is 12.2. The number of nitrogens with one attached hydrogen (secondary N) is 1. The summed E-state index contributed by atoms with van der Waals surface area (Å²) >= 11 is 0. The summed E-state index contributed by atoms with van der Waals surface area (Å²) in [6.07, 6.45) is -29.8. The Morgan fingerprint density at radius 3 is 2.02 bits per heavy atom. The molecule has 54 heavy (non-hydrogen) atoms. The van der Waals surface area contributed by atoms with Crippen LogP contribution in [0.25, 0.3) is 0 Å². The van der Waals surface area contributed by atoms with Crippen molar-refractivity contribution in [2.24, 2.45) is 5.92 Å². The van der Waals surface area contributed by atoms with Gasteiger partial charge in [0.05, 0.1) is 51.2 Å². The molecule has 4 rings (SSSR count). The molecule has 0 aliphatic carbocycles. The van der Waals surface area contributed by atoms with Crippen molar-refractivity contribution in [1.82, 2.24) is 5.32 Å². The van der Waals surface area contributed by atoms with E-state index in [0.717, 1.165) is 6.92 Å². The van der Waals surface area contributed by atoms with E-state index in [1.807, 2.05) is 0 Å². The van der Waals surface area contributed by atoms with Crippen LogP contribution in [0.1, 0.15) is 27.2 Å². The van der Waals surface area contributed by atoms with Crippen molar-refractivity contribution in [3.63, 3.8) is 0 Å². The van der Waals surface area contributed by atoms with Crippen molar-refractivity contribution in [1.29, 1.82) is 0 Å². The van der Waals surface area contributed by atoms with Crippen LogP contribution in [0.3, 0.4) is 0 Å². The Morgan fingerprint density at radius 1 is 0.815 bits per heavy atom. The maximum Gasteiger partial charge on any atom is 0.332 e. The number of amides is 1. The van der Waals surface area contributed by atoms with E-state index in [4.69, 9.17) is 37.9 Å². The Hall–Kier alpha value is -1.82. The van der Waals surface area contributed by atoms with E-state index in [1.165, 1.54) is 13.8 Å². The molecule has 13 N–H and O–H groups in total. The van der Waals surface area contributed by atoms with Crippen molar-refractivity contribution in [2.45, 2.75) is 149 Å². The van der Waals surface area contributed by atoms with Gasteiger partial charge in [0.25, 0.3) is 6.47 Å². The van der Waals surface area contributed by atoms with Crippen LogP contribution in [-0.4, -0.2) is 222 Å². The highest BCUT2D eigenvalue weighted by molar-refractivity contribution is 5.73. The first-order valence-electron chi connectivity index (χ1n) is 17.4. The number of aliphatic hydroxyl groups excluding tert-OH is 12. The fourth-order valence-corrected chi connectivity index (χ4v) is 6.90. The fourth-order valence-electron chi connectivity index (χ4n) is 6.90. The lowest BCUT2D eigenvalue weighted by atomic mass is 9.87. The van der Waals surface area contributed by atoms with Gasteiger partial charge >= 0.3 is 5.97 Å². The van der Waals surface area contributed by atoms with Crippen LogP contribution in [0, 0.1) is 5.92 Å². The molecule has 4 aliphatic heterocycles. The lowest BCUT2D eigenvalue weighted by Crippen LogP contribution is -2.69. The van der Waals surface area contributed by atoms with E-state index in [2.05, 4.69) is 5.32 Å². The van der Waals surface area contributed by atoms with Crippen molar-refractivity contribution in [3.05, 3.63) is 0 Å². The van der Waals surface area contributed by atoms with E-state index in [1.54, 1.807) is 0 Å². The number of rotatable bonds is 15. The third kappa shape index (κ3) is 9.64. The van der Waals surface area contributed by atoms with E-state index in [-0.39, 0.29) is 6.47 Å². The quantitative estimate of drug-likeness (QED) is 0.0541. The van der Waals surface area contributed by atoms with Gasteiger partial charge in [0.2, 0.25) is 5.91 Å². The molecule has 23 heteroatoms. The molecule has 0 aromatic carbocycles. The second-order valence-corrected chi connectivity index (χ2v) is 13.9. The molecule has 314 valence electrons. The first-order valence-corrected chi connectivity index (χ1v) is 17.4. The van der Waals surface area contributed by atoms with E-state index in [9.17, 15) is 70.9 Å². The van der Waals surface area contributed by atoms with Gasteiger partial charge < -0.3 is 104 Å². The van der Waals surface area contributed by atoms with Crippen LogP contribution >= 0.6 is 0 Å². The summed E-state index contributed by atoms with van der Waals surface area (Å²) in [5, 5.41) is 128. The summed E-state index contributed by atoms with van der Waals surface area (Å²) in [4.78, 5) is 23.7. The predicted molar refractivity (Wildman–Crippen MR) is 169 cm³/mol. The molecule has 4 aliphatic rings. The molecular weight excluding hydrogens is 738 g/mol. The molecule has 0 bridgehead atoms. The summed E-state index contributed by atoms with van der Waals surface area (Å²) in [5.74, 6) is -4.05. The van der Waals surface area contributed by atoms with Gasteiger partial charge in [-0.25, -0.2) is 0 Å². The lowest BCUT2D eigenvalue weighted by Gasteiger charge is -2.49. The Kier molecular flexibility index (Phi) is 15.9. The zero-order valence-corrected chi connectivity index (χ0v) is 29.6. The van der Waals surface area contributed by atoms with Gasteiger partial charge in [-0.15, -0.1) is 0 Å². The van der Waals surface area contributed by atoms with Gasteiger partial charge in [0.1, 0.15) is 85.4 Å². The van der Waals surface area contributed by atoms with Crippen molar-refractivity contribution < 1.29 is 109 Å². The Balaban J connectivity index is 1.52. The summed E-state index contributed by atoms with van der Waals surface area (Å²) < 4.78 is 45.0. The first-order chi connectivity index (χ1) is 25.4. The fraction of sp³-hybridized carbons (Fsp3) is 0.935. The third-order valence-corrected chi connectivity index (χ3v) is 10.1. The SMILES string of the molecule is CC(=O)NC1C(O)[C@H](O[C@@H]2OC(CO[C@]3(OC=O)C[C@@H](O)[C@@H](C)C([C@H](O)[C@H](O)CO)O3)[C@H](O)[C@H](O)C2O)[C@H](CO)O[C@H]1OC1[C@@H](O)[C@H](O)C(CO)O[C@@H]1C. The highest BCUT2D eigenvalue weighted by atomic mass is 16.9. The van der Waals surface area contributed by atoms with Gasteiger partial charge in [0, 0.05) is 12.8 Å². The molecule has 23 nitrogen and oxygen atoms in total. The summed E-state index contributed by atoms with van der Waals surface area (Å²) in [6.45, 7) is 0.690. The second kappa shape index (κ2) is 19.1. The average Bonchev–Trinajstić information content (AvgIpc) is 3.14. The number of hydrogen-bond donors (Lipinski definition) is 13. The summed E-state index contributed by atoms with van der Waals surface area (Å²) in [6, 6.07) is -1.51. The van der Waals surface area contributed by atoms with Gasteiger partial charge in [-0.3, -0.25) is 9.59 Å². The normalized spacial score (nSPS) is 47.0. The number of carbonyl (C=O) groups is 2. The highest BCUT2D eigenvalue weighted by Gasteiger charge is 2.55. The zero-order valence-electron chi connectivity index (χ0n) is 29.6. The molecule has 0 radical (unpaired) electrons. The van der Waals surface area contributed by atoms with Gasteiger partial charge in [0.15, 0.2) is 12.6 Å². The number of carbonyl (C=O) groups excluding carboxylic acids is 2. The van der Waals surface area contributed by atoms with Crippen LogP contribution in [0.15, 0.2) is 0 Å². The smallest absolute Gasteiger partial charge is 0.332 e. The minimum Gasteiger partial charge on any atom is -0.410 e. The van der Waals surface area contributed by atoms with E-state index >= 15 is 0 Å². The first kappa shape index (κ1) is 44.9. The van der Waals surface area contributed by atoms with E-state index < -0.39 is 167 Å². The predicted octanol–water partition coefficient (Wildman–Crippen LogP) is -8.01. The Bertz CT molecular complexity index is 1210. The molecule has 0 spiro atoms. The van der Waals surface area contributed by atoms with Crippen LogP contribution < -0.4 is 5.32 Å². The monoisotopic (exact) mass is 791 g/mol.